The predicted octanol–water partition coefficient (Wildman–Crippen LogP) is 2.77. The van der Waals surface area contributed by atoms with Gasteiger partial charge >= 0.3 is 6.03 Å². The number of hydrogen-bond acceptors (Lipinski definition) is 3. The van der Waals surface area contributed by atoms with Gasteiger partial charge in [-0.2, -0.15) is 0 Å². The van der Waals surface area contributed by atoms with Gasteiger partial charge in [-0.1, -0.05) is 36.4 Å². The van der Waals surface area contributed by atoms with Crippen molar-refractivity contribution in [3.63, 3.8) is 0 Å². The first-order valence-corrected chi connectivity index (χ1v) is 8.14. The molecule has 1 atom stereocenters. The first-order chi connectivity index (χ1) is 11.3. The van der Waals surface area contributed by atoms with Gasteiger partial charge in [0.25, 0.3) is 0 Å². The molecule has 2 aromatic rings. The molecule has 0 aliphatic carbocycles. The third-order valence-electron chi connectivity index (χ3n) is 4.69. The highest BCUT2D eigenvalue weighted by atomic mass is 16.2. The van der Waals surface area contributed by atoms with E-state index in [0.717, 1.165) is 37.1 Å². The van der Waals surface area contributed by atoms with Crippen molar-refractivity contribution in [3.8, 4) is 0 Å². The topological polar surface area (TPSA) is 57.3 Å². The summed E-state index contributed by atoms with van der Waals surface area (Å²) in [5, 5.41) is 6.33. The fourth-order valence-electron chi connectivity index (χ4n) is 3.61. The quantitative estimate of drug-likeness (QED) is 0.897. The third kappa shape index (κ3) is 2.57. The molecule has 1 aromatic heterocycles. The molecule has 2 aliphatic heterocycles. The Balaban J connectivity index is 1.81. The number of urea groups is 1. The van der Waals surface area contributed by atoms with Gasteiger partial charge in [0, 0.05) is 17.8 Å². The number of fused-ring (bicyclic) bond motifs is 1. The molecule has 2 amide bonds. The van der Waals surface area contributed by atoms with Crippen molar-refractivity contribution in [1.82, 2.24) is 15.2 Å². The lowest BCUT2D eigenvalue weighted by molar-refractivity contribution is 0.146. The van der Waals surface area contributed by atoms with E-state index in [4.69, 9.17) is 0 Å². The Morgan fingerprint density at radius 3 is 2.61 bits per heavy atom. The Morgan fingerprint density at radius 1 is 1.04 bits per heavy atom. The van der Waals surface area contributed by atoms with Crippen LogP contribution in [0.3, 0.4) is 0 Å². The minimum Gasteiger partial charge on any atom is -0.317 e. The van der Waals surface area contributed by atoms with Crippen LogP contribution in [0.25, 0.3) is 0 Å². The van der Waals surface area contributed by atoms with Crippen molar-refractivity contribution < 1.29 is 4.79 Å². The summed E-state index contributed by atoms with van der Waals surface area (Å²) in [6.45, 7) is 1.91. The summed E-state index contributed by atoms with van der Waals surface area (Å²) in [6.07, 6.45) is 3.68. The second kappa shape index (κ2) is 6.01. The van der Waals surface area contributed by atoms with Crippen LogP contribution in [0, 0.1) is 0 Å². The molecule has 1 saturated heterocycles. The molecule has 1 aromatic carbocycles. The van der Waals surface area contributed by atoms with Crippen LogP contribution in [0.5, 0.6) is 0 Å². The van der Waals surface area contributed by atoms with E-state index < -0.39 is 0 Å². The Bertz CT molecular complexity index is 697. The van der Waals surface area contributed by atoms with Crippen LogP contribution < -0.4 is 10.6 Å². The number of aromatic nitrogens is 1. The summed E-state index contributed by atoms with van der Waals surface area (Å²) in [7, 11) is 0. The molecule has 3 heterocycles. The molecule has 118 valence electrons. The van der Waals surface area contributed by atoms with E-state index in [1.165, 1.54) is 0 Å². The van der Waals surface area contributed by atoms with Crippen molar-refractivity contribution in [2.75, 3.05) is 18.4 Å². The number of nitrogens with one attached hydrogen (secondary N) is 2. The predicted molar refractivity (Wildman–Crippen MR) is 89.3 cm³/mol. The molecule has 5 heteroatoms. The zero-order valence-corrected chi connectivity index (χ0v) is 12.9. The number of carbonyl (C=O) groups is 1. The highest BCUT2D eigenvalue weighted by molar-refractivity contribution is 5.92. The average molecular weight is 308 g/mol. The van der Waals surface area contributed by atoms with Crippen molar-refractivity contribution >= 4 is 11.8 Å². The van der Waals surface area contributed by atoms with E-state index in [0.29, 0.717) is 5.82 Å². The van der Waals surface area contributed by atoms with Gasteiger partial charge in [0.2, 0.25) is 0 Å². The van der Waals surface area contributed by atoms with E-state index in [2.05, 4.69) is 33.8 Å². The Morgan fingerprint density at radius 2 is 1.83 bits per heavy atom. The maximum atomic E-state index is 12.8. The largest absolute Gasteiger partial charge is 0.324 e. The SMILES string of the molecule is O=C1Nc2ncccc2C(c2ccccc2)N1C1CCNCC1. The van der Waals surface area contributed by atoms with Gasteiger partial charge in [-0.25, -0.2) is 9.78 Å². The Kier molecular flexibility index (Phi) is 3.71. The van der Waals surface area contributed by atoms with Crippen molar-refractivity contribution in [2.24, 2.45) is 0 Å². The average Bonchev–Trinajstić information content (AvgIpc) is 2.62. The van der Waals surface area contributed by atoms with Gasteiger partial charge in [-0.05, 0) is 37.6 Å². The summed E-state index contributed by atoms with van der Waals surface area (Å²) in [6, 6.07) is 14.4. The standard InChI is InChI=1S/C18H20N4O/c23-18-21-17-15(7-4-10-20-17)16(13-5-2-1-3-6-13)22(18)14-8-11-19-12-9-14/h1-7,10,14,16,19H,8-9,11-12H2,(H,20,21,23). The monoisotopic (exact) mass is 308 g/mol. The highest BCUT2D eigenvalue weighted by Gasteiger charge is 2.38. The van der Waals surface area contributed by atoms with E-state index in [1.807, 2.05) is 29.2 Å². The summed E-state index contributed by atoms with van der Waals surface area (Å²) in [4.78, 5) is 19.2. The van der Waals surface area contributed by atoms with Crippen LogP contribution >= 0.6 is 0 Å². The molecule has 4 rings (SSSR count). The van der Waals surface area contributed by atoms with Crippen LogP contribution in [0.4, 0.5) is 10.6 Å². The van der Waals surface area contributed by atoms with Crippen LogP contribution in [0.2, 0.25) is 0 Å². The number of benzene rings is 1. The first kappa shape index (κ1) is 14.2. The maximum Gasteiger partial charge on any atom is 0.324 e. The molecule has 5 nitrogen and oxygen atoms in total. The summed E-state index contributed by atoms with van der Waals surface area (Å²) in [5.41, 5.74) is 2.20. The Hall–Kier alpha value is -2.40. The van der Waals surface area contributed by atoms with Gasteiger partial charge in [-0.15, -0.1) is 0 Å². The summed E-state index contributed by atoms with van der Waals surface area (Å²) >= 11 is 0. The first-order valence-electron chi connectivity index (χ1n) is 8.14. The van der Waals surface area contributed by atoms with Gasteiger partial charge in [0.05, 0.1) is 6.04 Å². The lowest BCUT2D eigenvalue weighted by Crippen LogP contribution is -2.52. The molecule has 1 unspecified atom stereocenters. The number of carbonyl (C=O) groups excluding carboxylic acids is 1. The third-order valence-corrected chi connectivity index (χ3v) is 4.69. The smallest absolute Gasteiger partial charge is 0.317 e. The summed E-state index contributed by atoms with van der Waals surface area (Å²) in [5.74, 6) is 0.677. The van der Waals surface area contributed by atoms with E-state index in [-0.39, 0.29) is 18.1 Å². The Labute approximate surface area is 135 Å². The second-order valence-corrected chi connectivity index (χ2v) is 6.07. The van der Waals surface area contributed by atoms with Crippen LogP contribution in [-0.4, -0.2) is 35.0 Å². The number of nitrogens with zero attached hydrogens (tertiary/aromatic N) is 2. The lowest BCUT2D eigenvalue weighted by Gasteiger charge is -2.43. The lowest BCUT2D eigenvalue weighted by atomic mass is 9.92. The van der Waals surface area contributed by atoms with Crippen molar-refractivity contribution in [3.05, 3.63) is 59.8 Å². The number of piperidine rings is 1. The fraction of sp³-hybridized carbons (Fsp3) is 0.333. The van der Waals surface area contributed by atoms with Crippen molar-refractivity contribution in [2.45, 2.75) is 24.9 Å². The number of anilines is 1. The van der Waals surface area contributed by atoms with Crippen LogP contribution in [-0.2, 0) is 0 Å². The number of pyridine rings is 1. The van der Waals surface area contributed by atoms with Gasteiger partial charge < -0.3 is 10.2 Å². The zero-order valence-electron chi connectivity index (χ0n) is 12.9. The molecule has 2 N–H and O–H groups in total. The van der Waals surface area contributed by atoms with Gasteiger partial charge in [0.1, 0.15) is 5.82 Å². The zero-order chi connectivity index (χ0) is 15.6. The number of rotatable bonds is 2. The van der Waals surface area contributed by atoms with Gasteiger partial charge in [0.15, 0.2) is 0 Å². The highest BCUT2D eigenvalue weighted by Crippen LogP contribution is 2.38. The molecular weight excluding hydrogens is 288 g/mol. The van der Waals surface area contributed by atoms with E-state index in [1.54, 1.807) is 6.20 Å². The van der Waals surface area contributed by atoms with Crippen LogP contribution in [0.15, 0.2) is 48.7 Å². The minimum atomic E-state index is -0.0725. The molecule has 0 radical (unpaired) electrons. The number of hydrogen-bond donors (Lipinski definition) is 2. The second-order valence-electron chi connectivity index (χ2n) is 6.07. The molecular formula is C18H20N4O. The minimum absolute atomic E-state index is 0.0445. The molecule has 0 saturated carbocycles. The molecule has 0 bridgehead atoms. The van der Waals surface area contributed by atoms with Crippen LogP contribution in [0.1, 0.15) is 30.0 Å². The molecule has 0 spiro atoms. The number of amides is 2. The normalized spacial score (nSPS) is 21.7. The molecule has 1 fully saturated rings. The van der Waals surface area contributed by atoms with Crippen molar-refractivity contribution in [1.29, 1.82) is 0 Å². The van der Waals surface area contributed by atoms with E-state index >= 15 is 0 Å². The van der Waals surface area contributed by atoms with E-state index in [9.17, 15) is 4.79 Å². The maximum absolute atomic E-state index is 12.8. The summed E-state index contributed by atoms with van der Waals surface area (Å²) < 4.78 is 0. The van der Waals surface area contributed by atoms with Gasteiger partial charge in [-0.3, -0.25) is 5.32 Å². The molecule has 2 aliphatic rings. The fourth-order valence-corrected chi connectivity index (χ4v) is 3.61. The molecule has 23 heavy (non-hydrogen) atoms.